The molecule has 1 saturated heterocycles. The van der Waals surface area contributed by atoms with E-state index in [4.69, 9.17) is 11.0 Å². The van der Waals surface area contributed by atoms with Crippen molar-refractivity contribution in [3.05, 3.63) is 0 Å². The molecular formula is C6H11N3. The molecule has 0 amide bonds. The zero-order valence-electron chi connectivity index (χ0n) is 5.54. The van der Waals surface area contributed by atoms with Gasteiger partial charge in [-0.05, 0) is 6.92 Å². The van der Waals surface area contributed by atoms with Crippen molar-refractivity contribution in [1.82, 2.24) is 4.90 Å². The van der Waals surface area contributed by atoms with E-state index in [2.05, 4.69) is 11.0 Å². The van der Waals surface area contributed by atoms with Crippen molar-refractivity contribution in [2.75, 3.05) is 13.1 Å². The Bertz CT molecular complexity index is 132. The third-order valence-corrected chi connectivity index (χ3v) is 1.67. The van der Waals surface area contributed by atoms with E-state index in [1.165, 1.54) is 0 Å². The lowest BCUT2D eigenvalue weighted by Gasteiger charge is -2.38. The highest BCUT2D eigenvalue weighted by Crippen LogP contribution is 2.08. The van der Waals surface area contributed by atoms with Gasteiger partial charge >= 0.3 is 0 Å². The minimum Gasteiger partial charge on any atom is -0.325 e. The molecule has 1 heterocycles. The third kappa shape index (κ3) is 1.21. The van der Waals surface area contributed by atoms with Crippen LogP contribution in [0.5, 0.6) is 0 Å². The van der Waals surface area contributed by atoms with Crippen molar-refractivity contribution >= 4 is 0 Å². The van der Waals surface area contributed by atoms with Crippen LogP contribution >= 0.6 is 0 Å². The molecular weight excluding hydrogens is 114 g/mol. The van der Waals surface area contributed by atoms with Gasteiger partial charge in [-0.25, -0.2) is 0 Å². The van der Waals surface area contributed by atoms with Crippen molar-refractivity contribution < 1.29 is 0 Å². The fourth-order valence-corrected chi connectivity index (χ4v) is 0.947. The Balaban J connectivity index is 2.25. The Labute approximate surface area is 55.1 Å². The Morgan fingerprint density at radius 3 is 2.67 bits per heavy atom. The monoisotopic (exact) mass is 125 g/mol. The first-order valence-corrected chi connectivity index (χ1v) is 3.13. The largest absolute Gasteiger partial charge is 0.325 e. The van der Waals surface area contributed by atoms with Crippen LogP contribution < -0.4 is 5.73 Å². The molecule has 3 nitrogen and oxygen atoms in total. The Kier molecular flexibility index (Phi) is 1.70. The predicted molar refractivity (Wildman–Crippen MR) is 34.6 cm³/mol. The molecule has 50 valence electrons. The van der Waals surface area contributed by atoms with Gasteiger partial charge in [-0.1, -0.05) is 0 Å². The summed E-state index contributed by atoms with van der Waals surface area (Å²) in [6.45, 7) is 3.66. The van der Waals surface area contributed by atoms with Crippen molar-refractivity contribution in [3.8, 4) is 6.07 Å². The summed E-state index contributed by atoms with van der Waals surface area (Å²) in [7, 11) is 0. The SMILES string of the molecule is CC(C#N)N1CC(N)C1. The first kappa shape index (κ1) is 6.53. The van der Waals surface area contributed by atoms with Crippen molar-refractivity contribution in [1.29, 1.82) is 5.26 Å². The summed E-state index contributed by atoms with van der Waals surface area (Å²) < 4.78 is 0. The van der Waals surface area contributed by atoms with E-state index in [9.17, 15) is 0 Å². The van der Waals surface area contributed by atoms with Crippen molar-refractivity contribution in [2.24, 2.45) is 5.73 Å². The molecule has 0 aliphatic carbocycles. The zero-order chi connectivity index (χ0) is 6.85. The molecule has 1 aliphatic heterocycles. The van der Waals surface area contributed by atoms with Crippen LogP contribution in [0.15, 0.2) is 0 Å². The zero-order valence-corrected chi connectivity index (χ0v) is 5.54. The van der Waals surface area contributed by atoms with E-state index in [0.717, 1.165) is 13.1 Å². The van der Waals surface area contributed by atoms with E-state index >= 15 is 0 Å². The second-order valence-corrected chi connectivity index (χ2v) is 2.52. The van der Waals surface area contributed by atoms with Crippen LogP contribution in [-0.4, -0.2) is 30.1 Å². The van der Waals surface area contributed by atoms with Crippen LogP contribution in [0.3, 0.4) is 0 Å². The molecule has 0 radical (unpaired) electrons. The van der Waals surface area contributed by atoms with Gasteiger partial charge < -0.3 is 5.73 Å². The fraction of sp³-hybridized carbons (Fsp3) is 0.833. The lowest BCUT2D eigenvalue weighted by atomic mass is 10.1. The van der Waals surface area contributed by atoms with E-state index in [1.807, 2.05) is 6.92 Å². The van der Waals surface area contributed by atoms with Gasteiger partial charge in [0, 0.05) is 19.1 Å². The summed E-state index contributed by atoms with van der Waals surface area (Å²) in [6, 6.07) is 2.51. The molecule has 1 fully saturated rings. The second kappa shape index (κ2) is 2.34. The lowest BCUT2D eigenvalue weighted by Crippen LogP contribution is -2.58. The van der Waals surface area contributed by atoms with Gasteiger partial charge in [0.15, 0.2) is 0 Å². The Hall–Kier alpha value is -0.590. The lowest BCUT2D eigenvalue weighted by molar-refractivity contribution is 0.129. The summed E-state index contributed by atoms with van der Waals surface area (Å²) >= 11 is 0. The average Bonchev–Trinajstić information content (AvgIpc) is 1.79. The van der Waals surface area contributed by atoms with Gasteiger partial charge in [0.25, 0.3) is 0 Å². The standard InChI is InChI=1S/C6H11N3/c1-5(2-7)9-3-6(8)4-9/h5-6H,3-4,8H2,1H3. The summed E-state index contributed by atoms with van der Waals surface area (Å²) in [6.07, 6.45) is 0. The summed E-state index contributed by atoms with van der Waals surface area (Å²) in [5, 5.41) is 8.42. The highest BCUT2D eigenvalue weighted by Gasteiger charge is 2.26. The number of nitrogens with zero attached hydrogens (tertiary/aromatic N) is 2. The summed E-state index contributed by atoms with van der Waals surface area (Å²) in [4.78, 5) is 2.06. The molecule has 0 aromatic carbocycles. The minimum absolute atomic E-state index is 0.0461. The highest BCUT2D eigenvalue weighted by molar-refractivity contribution is 4.95. The smallest absolute Gasteiger partial charge is 0.0950 e. The van der Waals surface area contributed by atoms with Gasteiger partial charge in [-0.3, -0.25) is 4.90 Å². The number of nitriles is 1. The Morgan fingerprint density at radius 1 is 1.78 bits per heavy atom. The average molecular weight is 125 g/mol. The quantitative estimate of drug-likeness (QED) is 0.516. The van der Waals surface area contributed by atoms with Crippen LogP contribution in [0.2, 0.25) is 0 Å². The number of nitrogens with two attached hydrogens (primary N) is 1. The van der Waals surface area contributed by atoms with Gasteiger partial charge in [0.2, 0.25) is 0 Å². The van der Waals surface area contributed by atoms with Gasteiger partial charge in [-0.2, -0.15) is 5.26 Å². The van der Waals surface area contributed by atoms with E-state index in [0.29, 0.717) is 6.04 Å². The fourth-order valence-electron chi connectivity index (χ4n) is 0.947. The van der Waals surface area contributed by atoms with Crippen molar-refractivity contribution in [3.63, 3.8) is 0 Å². The summed E-state index contributed by atoms with van der Waals surface area (Å²) in [5.41, 5.74) is 5.51. The first-order chi connectivity index (χ1) is 4.24. The molecule has 0 bridgehead atoms. The molecule has 0 aromatic heterocycles. The maximum atomic E-state index is 8.42. The number of likely N-dealkylation sites (tertiary alicyclic amines) is 1. The molecule has 3 heteroatoms. The first-order valence-electron chi connectivity index (χ1n) is 3.13. The summed E-state index contributed by atoms with van der Waals surface area (Å²) in [5.74, 6) is 0. The predicted octanol–water partition coefficient (Wildman–Crippen LogP) is -0.459. The van der Waals surface area contributed by atoms with Crippen LogP contribution in [0.25, 0.3) is 0 Å². The molecule has 9 heavy (non-hydrogen) atoms. The van der Waals surface area contributed by atoms with Crippen LogP contribution in [0.4, 0.5) is 0 Å². The van der Waals surface area contributed by atoms with Crippen LogP contribution in [-0.2, 0) is 0 Å². The van der Waals surface area contributed by atoms with Crippen LogP contribution in [0.1, 0.15) is 6.92 Å². The van der Waals surface area contributed by atoms with Gasteiger partial charge in [-0.15, -0.1) is 0 Å². The van der Waals surface area contributed by atoms with E-state index in [1.54, 1.807) is 0 Å². The maximum absolute atomic E-state index is 8.42. The normalized spacial score (nSPS) is 24.6. The minimum atomic E-state index is 0.0461. The van der Waals surface area contributed by atoms with Gasteiger partial charge in [0.1, 0.15) is 0 Å². The maximum Gasteiger partial charge on any atom is 0.0950 e. The molecule has 1 aliphatic rings. The molecule has 1 atom stereocenters. The molecule has 1 rings (SSSR count). The van der Waals surface area contributed by atoms with E-state index < -0.39 is 0 Å². The van der Waals surface area contributed by atoms with Gasteiger partial charge in [0.05, 0.1) is 12.1 Å². The van der Waals surface area contributed by atoms with E-state index in [-0.39, 0.29) is 6.04 Å². The Morgan fingerprint density at radius 2 is 2.33 bits per heavy atom. The molecule has 2 N–H and O–H groups in total. The molecule has 0 saturated carbocycles. The van der Waals surface area contributed by atoms with Crippen molar-refractivity contribution in [2.45, 2.75) is 19.0 Å². The molecule has 1 unspecified atom stereocenters. The third-order valence-electron chi connectivity index (χ3n) is 1.67. The second-order valence-electron chi connectivity index (χ2n) is 2.52. The van der Waals surface area contributed by atoms with Crippen LogP contribution in [0, 0.1) is 11.3 Å². The number of hydrogen-bond donors (Lipinski definition) is 1. The molecule has 0 spiro atoms. The highest BCUT2D eigenvalue weighted by atomic mass is 15.2. The topological polar surface area (TPSA) is 53.0 Å². The number of hydrogen-bond acceptors (Lipinski definition) is 3. The molecule has 0 aromatic rings. The number of rotatable bonds is 1.